The lowest BCUT2D eigenvalue weighted by Crippen LogP contribution is -2.57. The number of hydrogen-bond acceptors (Lipinski definition) is 5. The molecule has 0 radical (unpaired) electrons. The van der Waals surface area contributed by atoms with Gasteiger partial charge in [0.1, 0.15) is 23.1 Å². The predicted molar refractivity (Wildman–Crippen MR) is 129 cm³/mol. The maximum atomic E-state index is 14.6. The average molecular weight is 521 g/mol. The van der Waals surface area contributed by atoms with Crippen molar-refractivity contribution in [2.75, 3.05) is 11.9 Å². The van der Waals surface area contributed by atoms with Crippen LogP contribution in [0.2, 0.25) is 0 Å². The van der Waals surface area contributed by atoms with Crippen LogP contribution in [-0.2, 0) is 22.5 Å². The molecule has 6 rings (SSSR count). The molecule has 4 aliphatic rings. The van der Waals surface area contributed by atoms with Gasteiger partial charge in [-0.1, -0.05) is 18.2 Å². The zero-order valence-corrected chi connectivity index (χ0v) is 20.9. The molecule has 2 aromatic rings. The lowest BCUT2D eigenvalue weighted by atomic mass is 9.64. The molecule has 1 aromatic carbocycles. The third-order valence-corrected chi connectivity index (χ3v) is 8.07. The predicted octanol–water partition coefficient (Wildman–Crippen LogP) is 5.80. The fourth-order valence-electron chi connectivity index (χ4n) is 5.96. The van der Waals surface area contributed by atoms with Crippen LogP contribution in [0.15, 0.2) is 18.2 Å². The Kier molecular flexibility index (Phi) is 7.13. The van der Waals surface area contributed by atoms with Crippen molar-refractivity contribution in [3.8, 4) is 0 Å². The van der Waals surface area contributed by atoms with E-state index in [-0.39, 0.29) is 36.1 Å². The summed E-state index contributed by atoms with van der Waals surface area (Å²) in [6.45, 7) is 2.19. The van der Waals surface area contributed by atoms with Gasteiger partial charge in [-0.2, -0.15) is 0 Å². The second kappa shape index (κ2) is 10.2. The maximum absolute atomic E-state index is 14.6. The molecule has 200 valence electrons. The molecule has 1 aliphatic heterocycles. The zero-order chi connectivity index (χ0) is 26.2. The van der Waals surface area contributed by atoms with Crippen LogP contribution in [0.3, 0.4) is 0 Å². The number of benzene rings is 1. The maximum Gasteiger partial charge on any atom is 0.266 e. The summed E-state index contributed by atoms with van der Waals surface area (Å²) in [6.07, 6.45) is 1.61. The van der Waals surface area contributed by atoms with Crippen LogP contribution < -0.4 is 10.6 Å². The van der Waals surface area contributed by atoms with Gasteiger partial charge in [0.15, 0.2) is 0 Å². The Hall–Kier alpha value is -2.75. The van der Waals surface area contributed by atoms with Crippen LogP contribution in [0, 0.1) is 12.7 Å². The highest BCUT2D eigenvalue weighted by atomic mass is 19.3. The molecule has 37 heavy (non-hydrogen) atoms. The molecular weight excluding hydrogens is 488 g/mol. The standard InChI is InChI=1S/C27H32F4N4O2/c1-16-33-19(14-21(36)35-27-10-7-26(31,8-11-27)9-12-27)22(20-6-3-13-37-20)25(34-16)32-15-17-4-2-5-18(23(17)28)24(29)30/h2,4-5,20,24H,3,6-15H2,1H3,(H,35,36)(H,32,33,34). The number of fused-ring (bicyclic) bond motifs is 3. The Morgan fingerprint density at radius 2 is 1.89 bits per heavy atom. The number of nitrogens with zero attached hydrogens (tertiary/aromatic N) is 2. The van der Waals surface area contributed by atoms with E-state index in [9.17, 15) is 22.4 Å². The van der Waals surface area contributed by atoms with Gasteiger partial charge >= 0.3 is 0 Å². The van der Waals surface area contributed by atoms with Gasteiger partial charge in [-0.15, -0.1) is 0 Å². The largest absolute Gasteiger partial charge is 0.373 e. The molecule has 1 saturated heterocycles. The van der Waals surface area contributed by atoms with Gasteiger partial charge in [-0.05, 0) is 58.3 Å². The number of aromatic nitrogens is 2. The number of alkyl halides is 3. The van der Waals surface area contributed by atoms with Crippen LogP contribution >= 0.6 is 0 Å². The smallest absolute Gasteiger partial charge is 0.266 e. The Morgan fingerprint density at radius 1 is 1.16 bits per heavy atom. The molecular formula is C27H32F4N4O2. The molecule has 1 aromatic heterocycles. The molecule has 1 unspecified atom stereocenters. The van der Waals surface area contributed by atoms with Gasteiger partial charge in [-0.3, -0.25) is 4.79 Å². The number of nitrogens with one attached hydrogen (secondary N) is 2. The number of carbonyl (C=O) groups is 1. The third-order valence-electron chi connectivity index (χ3n) is 8.07. The first-order valence-electron chi connectivity index (χ1n) is 13.0. The van der Waals surface area contributed by atoms with Crippen molar-refractivity contribution in [3.63, 3.8) is 0 Å². The summed E-state index contributed by atoms with van der Waals surface area (Å²) < 4.78 is 61.4. The van der Waals surface area contributed by atoms with E-state index in [0.29, 0.717) is 74.5 Å². The minimum atomic E-state index is -2.91. The molecule has 2 heterocycles. The number of halogens is 4. The number of aryl methyl sites for hydroxylation is 1. The Labute approximate surface area is 213 Å². The summed E-state index contributed by atoms with van der Waals surface area (Å²) in [5, 5.41) is 6.27. The molecule has 2 bridgehead atoms. The highest BCUT2D eigenvalue weighted by Gasteiger charge is 2.49. The van der Waals surface area contributed by atoms with Crippen molar-refractivity contribution >= 4 is 11.7 Å². The SMILES string of the molecule is Cc1nc(CC(=O)NC23CCC(F)(CC2)CC3)c(C2CCCO2)c(NCc2cccc(C(F)F)c2F)n1. The quantitative estimate of drug-likeness (QED) is 0.431. The fourth-order valence-corrected chi connectivity index (χ4v) is 5.96. The molecule has 3 aliphatic carbocycles. The van der Waals surface area contributed by atoms with Crippen LogP contribution in [-0.4, -0.2) is 33.7 Å². The van der Waals surface area contributed by atoms with Gasteiger partial charge in [-0.25, -0.2) is 27.5 Å². The number of ether oxygens (including phenoxy) is 1. The second-order valence-corrected chi connectivity index (χ2v) is 10.6. The van der Waals surface area contributed by atoms with E-state index in [0.717, 1.165) is 12.5 Å². The molecule has 0 spiro atoms. The van der Waals surface area contributed by atoms with Crippen molar-refractivity contribution < 1.29 is 27.1 Å². The molecule has 3 saturated carbocycles. The topological polar surface area (TPSA) is 76.1 Å². The van der Waals surface area contributed by atoms with E-state index in [1.54, 1.807) is 6.92 Å². The summed E-state index contributed by atoms with van der Waals surface area (Å²) in [6, 6.07) is 3.91. The van der Waals surface area contributed by atoms with Gasteiger partial charge < -0.3 is 15.4 Å². The first-order valence-corrected chi connectivity index (χ1v) is 13.0. The Balaban J connectivity index is 1.38. The zero-order valence-electron chi connectivity index (χ0n) is 20.9. The van der Waals surface area contributed by atoms with Gasteiger partial charge in [0.25, 0.3) is 6.43 Å². The lowest BCUT2D eigenvalue weighted by molar-refractivity contribution is -0.125. The highest BCUT2D eigenvalue weighted by Crippen LogP contribution is 2.49. The summed E-state index contributed by atoms with van der Waals surface area (Å²) >= 11 is 0. The van der Waals surface area contributed by atoms with E-state index in [4.69, 9.17) is 4.74 Å². The van der Waals surface area contributed by atoms with Crippen molar-refractivity contribution in [2.24, 2.45) is 0 Å². The lowest BCUT2D eigenvalue weighted by Gasteiger charge is -2.50. The van der Waals surface area contributed by atoms with E-state index in [1.807, 2.05) is 0 Å². The second-order valence-electron chi connectivity index (χ2n) is 10.6. The number of rotatable bonds is 8. The summed E-state index contributed by atoms with van der Waals surface area (Å²) in [5.74, 6) is -0.317. The third kappa shape index (κ3) is 5.44. The normalized spacial score (nSPS) is 27.0. The van der Waals surface area contributed by atoms with E-state index < -0.39 is 23.5 Å². The molecule has 1 amide bonds. The van der Waals surface area contributed by atoms with Crippen LogP contribution in [0.5, 0.6) is 0 Å². The first kappa shape index (κ1) is 25.9. The first-order chi connectivity index (χ1) is 17.7. The summed E-state index contributed by atoms with van der Waals surface area (Å²) in [7, 11) is 0. The number of carbonyl (C=O) groups excluding carboxylic acids is 1. The minimum Gasteiger partial charge on any atom is -0.373 e. The van der Waals surface area contributed by atoms with Crippen LogP contribution in [0.4, 0.5) is 23.4 Å². The number of anilines is 1. The van der Waals surface area contributed by atoms with Crippen molar-refractivity contribution in [1.29, 1.82) is 0 Å². The van der Waals surface area contributed by atoms with E-state index >= 15 is 0 Å². The average Bonchev–Trinajstić information content (AvgIpc) is 3.38. The van der Waals surface area contributed by atoms with Crippen molar-refractivity contribution in [1.82, 2.24) is 15.3 Å². The fraction of sp³-hybridized carbons (Fsp3) is 0.593. The highest BCUT2D eigenvalue weighted by molar-refractivity contribution is 5.80. The van der Waals surface area contributed by atoms with E-state index in [1.165, 1.54) is 12.1 Å². The van der Waals surface area contributed by atoms with Gasteiger partial charge in [0.05, 0.1) is 23.8 Å². The molecule has 4 fully saturated rings. The monoisotopic (exact) mass is 520 g/mol. The number of hydrogen-bond donors (Lipinski definition) is 2. The van der Waals surface area contributed by atoms with Gasteiger partial charge in [0, 0.05) is 29.8 Å². The van der Waals surface area contributed by atoms with Crippen molar-refractivity contribution in [3.05, 3.63) is 52.2 Å². The van der Waals surface area contributed by atoms with Crippen LogP contribution in [0.1, 0.15) is 92.1 Å². The van der Waals surface area contributed by atoms with Crippen LogP contribution in [0.25, 0.3) is 0 Å². The number of amides is 1. The molecule has 2 N–H and O–H groups in total. The van der Waals surface area contributed by atoms with Crippen molar-refractivity contribution in [2.45, 2.75) is 95.0 Å². The summed E-state index contributed by atoms with van der Waals surface area (Å²) in [4.78, 5) is 22.3. The van der Waals surface area contributed by atoms with E-state index in [2.05, 4.69) is 20.6 Å². The minimum absolute atomic E-state index is 0.00494. The summed E-state index contributed by atoms with van der Waals surface area (Å²) in [5.41, 5.74) is -0.863. The molecule has 6 nitrogen and oxygen atoms in total. The molecule has 1 atom stereocenters. The van der Waals surface area contributed by atoms with Gasteiger partial charge in [0.2, 0.25) is 5.91 Å². The Bertz CT molecular complexity index is 1140. The molecule has 10 heteroatoms. The Morgan fingerprint density at radius 3 is 2.54 bits per heavy atom.